The molecular formula is C15H16BFO. The minimum absolute atomic E-state index is 0.244. The summed E-state index contributed by atoms with van der Waals surface area (Å²) in [6.07, 6.45) is 0. The average molecular weight is 242 g/mol. The van der Waals surface area contributed by atoms with Crippen LogP contribution in [0.5, 0.6) is 11.5 Å². The molecule has 0 fully saturated rings. The summed E-state index contributed by atoms with van der Waals surface area (Å²) in [6, 6.07) is 12.8. The summed E-state index contributed by atoms with van der Waals surface area (Å²) in [7, 11) is 0. The lowest BCUT2D eigenvalue weighted by molar-refractivity contribution is 0.476. The van der Waals surface area contributed by atoms with E-state index in [2.05, 4.69) is 13.6 Å². The normalized spacial score (nSPS) is 10.2. The van der Waals surface area contributed by atoms with Crippen LogP contribution in [0.1, 0.15) is 5.56 Å². The first-order chi connectivity index (χ1) is 8.56. The highest BCUT2D eigenvalue weighted by Crippen LogP contribution is 2.22. The largest absolute Gasteiger partial charge is 0.457 e. The van der Waals surface area contributed by atoms with Crippen molar-refractivity contribution in [3.63, 3.8) is 0 Å². The molecule has 0 spiro atoms. The second-order valence-corrected chi connectivity index (χ2v) is 4.74. The first-order valence-electron chi connectivity index (χ1n) is 6.10. The summed E-state index contributed by atoms with van der Waals surface area (Å²) in [5, 5.41) is 0. The number of hydrogen-bond acceptors (Lipinski definition) is 1. The molecule has 0 N–H and O–H groups in total. The van der Waals surface area contributed by atoms with Crippen LogP contribution in [0, 0.1) is 12.7 Å². The van der Waals surface area contributed by atoms with Crippen molar-refractivity contribution in [3.8, 4) is 11.5 Å². The zero-order valence-corrected chi connectivity index (χ0v) is 10.9. The van der Waals surface area contributed by atoms with E-state index in [4.69, 9.17) is 4.74 Å². The molecule has 2 rings (SSSR count). The van der Waals surface area contributed by atoms with Crippen LogP contribution >= 0.6 is 0 Å². The predicted molar refractivity (Wildman–Crippen MR) is 74.8 cm³/mol. The third-order valence-corrected chi connectivity index (χ3v) is 2.93. The molecule has 0 atom stereocenters. The Morgan fingerprint density at radius 2 is 1.56 bits per heavy atom. The van der Waals surface area contributed by atoms with Crippen molar-refractivity contribution < 1.29 is 9.13 Å². The van der Waals surface area contributed by atoms with E-state index in [1.54, 1.807) is 19.1 Å². The molecule has 0 aliphatic heterocycles. The van der Waals surface area contributed by atoms with Crippen LogP contribution < -0.4 is 10.2 Å². The van der Waals surface area contributed by atoms with Crippen LogP contribution in [0.3, 0.4) is 0 Å². The van der Waals surface area contributed by atoms with E-state index in [-0.39, 0.29) is 5.82 Å². The molecular weight excluding hydrogens is 226 g/mol. The summed E-state index contributed by atoms with van der Waals surface area (Å²) >= 11 is 0. The molecule has 2 aromatic carbocycles. The topological polar surface area (TPSA) is 9.23 Å². The van der Waals surface area contributed by atoms with Crippen molar-refractivity contribution in [2.75, 3.05) is 0 Å². The quantitative estimate of drug-likeness (QED) is 0.742. The molecule has 0 unspecified atom stereocenters. The van der Waals surface area contributed by atoms with Crippen molar-refractivity contribution in [1.29, 1.82) is 0 Å². The van der Waals surface area contributed by atoms with Crippen molar-refractivity contribution in [3.05, 3.63) is 53.8 Å². The number of aryl methyl sites for hydroxylation is 1. The number of benzene rings is 2. The van der Waals surface area contributed by atoms with Gasteiger partial charge in [-0.15, -0.1) is 0 Å². The zero-order valence-electron chi connectivity index (χ0n) is 10.9. The first kappa shape index (κ1) is 12.7. The van der Waals surface area contributed by atoms with Crippen LogP contribution in [0.2, 0.25) is 13.6 Å². The van der Waals surface area contributed by atoms with E-state index in [9.17, 15) is 4.39 Å². The van der Waals surface area contributed by atoms with Gasteiger partial charge in [0, 0.05) is 6.07 Å². The molecule has 0 aromatic heterocycles. The summed E-state index contributed by atoms with van der Waals surface area (Å²) in [6.45, 7) is 6.52. The summed E-state index contributed by atoms with van der Waals surface area (Å²) in [5.74, 6) is 1.00. The third-order valence-electron chi connectivity index (χ3n) is 2.93. The molecule has 0 heterocycles. The van der Waals surface area contributed by atoms with E-state index in [1.807, 2.05) is 24.3 Å². The Morgan fingerprint density at radius 1 is 0.944 bits per heavy atom. The Kier molecular flexibility index (Phi) is 3.70. The lowest BCUT2D eigenvalue weighted by atomic mass is 9.49. The number of halogens is 1. The van der Waals surface area contributed by atoms with Gasteiger partial charge in [-0.3, -0.25) is 0 Å². The van der Waals surface area contributed by atoms with Gasteiger partial charge in [0.1, 0.15) is 17.3 Å². The molecule has 0 bridgehead atoms. The number of rotatable bonds is 3. The molecule has 18 heavy (non-hydrogen) atoms. The van der Waals surface area contributed by atoms with Crippen molar-refractivity contribution in [2.45, 2.75) is 20.6 Å². The maximum atomic E-state index is 13.4. The number of ether oxygens (including phenoxy) is 1. The van der Waals surface area contributed by atoms with Crippen molar-refractivity contribution in [2.24, 2.45) is 0 Å². The van der Waals surface area contributed by atoms with Gasteiger partial charge in [0.15, 0.2) is 6.71 Å². The molecule has 0 amide bonds. The fraction of sp³-hybridized carbons (Fsp3) is 0.200. The molecule has 3 heteroatoms. The SMILES string of the molecule is CB(C)c1ccc(Oc2ccc(C)c(F)c2)cc1. The van der Waals surface area contributed by atoms with Gasteiger partial charge in [-0.05, 0) is 30.7 Å². The van der Waals surface area contributed by atoms with Gasteiger partial charge in [0.2, 0.25) is 0 Å². The summed E-state index contributed by atoms with van der Waals surface area (Å²) in [5.41, 5.74) is 1.88. The van der Waals surface area contributed by atoms with Crippen LogP contribution in [0.15, 0.2) is 42.5 Å². The Balaban J connectivity index is 2.15. The van der Waals surface area contributed by atoms with Gasteiger partial charge in [0.05, 0.1) is 0 Å². The van der Waals surface area contributed by atoms with Crippen LogP contribution in [-0.2, 0) is 0 Å². The zero-order chi connectivity index (χ0) is 13.1. The Labute approximate surface area is 108 Å². The van der Waals surface area contributed by atoms with Gasteiger partial charge >= 0.3 is 0 Å². The van der Waals surface area contributed by atoms with E-state index in [1.165, 1.54) is 11.5 Å². The minimum atomic E-state index is -0.244. The monoisotopic (exact) mass is 242 g/mol. The summed E-state index contributed by atoms with van der Waals surface area (Å²) < 4.78 is 19.0. The number of hydrogen-bond donors (Lipinski definition) is 0. The Hall–Kier alpha value is -1.77. The lowest BCUT2D eigenvalue weighted by Gasteiger charge is -2.08. The maximum absolute atomic E-state index is 13.4. The fourth-order valence-electron chi connectivity index (χ4n) is 1.69. The molecule has 0 aliphatic rings. The molecule has 1 nitrogen and oxygen atoms in total. The molecule has 0 radical (unpaired) electrons. The van der Waals surface area contributed by atoms with Crippen LogP contribution in [0.25, 0.3) is 0 Å². The molecule has 2 aromatic rings. The first-order valence-corrected chi connectivity index (χ1v) is 6.10. The van der Waals surface area contributed by atoms with Gasteiger partial charge in [0.25, 0.3) is 0 Å². The Bertz CT molecular complexity index is 535. The Morgan fingerprint density at radius 3 is 2.11 bits per heavy atom. The second-order valence-electron chi connectivity index (χ2n) is 4.74. The van der Waals surface area contributed by atoms with Crippen molar-refractivity contribution >= 4 is 12.2 Å². The van der Waals surface area contributed by atoms with E-state index in [0.717, 1.165) is 5.75 Å². The molecule has 0 saturated heterocycles. The highest BCUT2D eigenvalue weighted by atomic mass is 19.1. The minimum Gasteiger partial charge on any atom is -0.457 e. The lowest BCUT2D eigenvalue weighted by Crippen LogP contribution is -2.21. The van der Waals surface area contributed by atoms with Gasteiger partial charge in [-0.2, -0.15) is 0 Å². The van der Waals surface area contributed by atoms with E-state index >= 15 is 0 Å². The van der Waals surface area contributed by atoms with Crippen LogP contribution in [0.4, 0.5) is 4.39 Å². The van der Waals surface area contributed by atoms with Gasteiger partial charge < -0.3 is 4.74 Å². The predicted octanol–water partition coefficient (Wildman–Crippen LogP) is 3.89. The van der Waals surface area contributed by atoms with Crippen molar-refractivity contribution in [1.82, 2.24) is 0 Å². The fourth-order valence-corrected chi connectivity index (χ4v) is 1.69. The molecule has 0 aliphatic carbocycles. The van der Waals surface area contributed by atoms with Gasteiger partial charge in [-0.1, -0.05) is 37.3 Å². The maximum Gasteiger partial charge on any atom is 0.169 e. The van der Waals surface area contributed by atoms with Gasteiger partial charge in [-0.25, -0.2) is 4.39 Å². The van der Waals surface area contributed by atoms with E-state index in [0.29, 0.717) is 18.0 Å². The highest BCUT2D eigenvalue weighted by molar-refractivity contribution is 6.70. The second kappa shape index (κ2) is 5.26. The highest BCUT2D eigenvalue weighted by Gasteiger charge is 2.04. The standard InChI is InChI=1S/C15H16BFO/c1-11-4-7-14(10-15(11)17)18-13-8-5-12(6-9-13)16(2)3/h4-10H,1-3H3. The summed E-state index contributed by atoms with van der Waals surface area (Å²) in [4.78, 5) is 0. The average Bonchev–Trinajstić information content (AvgIpc) is 2.34. The smallest absolute Gasteiger partial charge is 0.169 e. The molecule has 92 valence electrons. The third kappa shape index (κ3) is 2.92. The molecule has 0 saturated carbocycles. The van der Waals surface area contributed by atoms with E-state index < -0.39 is 0 Å². The van der Waals surface area contributed by atoms with Crippen LogP contribution in [-0.4, -0.2) is 6.71 Å².